The number of nitrogens with one attached hydrogen (secondary N) is 2. The van der Waals surface area contributed by atoms with E-state index in [4.69, 9.17) is 4.74 Å². The van der Waals surface area contributed by atoms with E-state index >= 15 is 0 Å². The van der Waals surface area contributed by atoms with Gasteiger partial charge in [0.25, 0.3) is 10.0 Å². The van der Waals surface area contributed by atoms with E-state index in [1.54, 1.807) is 37.2 Å². The SMILES string of the molecule is CNc1cccnc1S(=O)(=O)Nc1cnn(CCOC)c1. The summed E-state index contributed by atoms with van der Waals surface area (Å²) in [7, 11) is -0.543. The van der Waals surface area contributed by atoms with Crippen LogP contribution in [-0.2, 0) is 21.3 Å². The van der Waals surface area contributed by atoms with Crippen LogP contribution in [0.1, 0.15) is 0 Å². The molecule has 0 saturated heterocycles. The molecule has 2 aromatic heterocycles. The number of hydrogen-bond acceptors (Lipinski definition) is 6. The molecule has 0 amide bonds. The Hall–Kier alpha value is -2.13. The highest BCUT2D eigenvalue weighted by atomic mass is 32.2. The summed E-state index contributed by atoms with van der Waals surface area (Å²) < 4.78 is 33.6. The lowest BCUT2D eigenvalue weighted by molar-refractivity contribution is 0.183. The van der Waals surface area contributed by atoms with Crippen LogP contribution in [0.4, 0.5) is 11.4 Å². The predicted molar refractivity (Wildman–Crippen MR) is 78.7 cm³/mol. The predicted octanol–water partition coefficient (Wildman–Crippen LogP) is 0.767. The summed E-state index contributed by atoms with van der Waals surface area (Å²) in [5.41, 5.74) is 0.801. The summed E-state index contributed by atoms with van der Waals surface area (Å²) >= 11 is 0. The van der Waals surface area contributed by atoms with Gasteiger partial charge in [-0.2, -0.15) is 13.5 Å². The molecule has 0 aromatic carbocycles. The zero-order valence-electron chi connectivity index (χ0n) is 11.8. The molecule has 2 N–H and O–H groups in total. The van der Waals surface area contributed by atoms with E-state index in [0.717, 1.165) is 0 Å². The molecule has 8 nitrogen and oxygen atoms in total. The molecule has 0 radical (unpaired) electrons. The average molecular weight is 311 g/mol. The first kappa shape index (κ1) is 15.3. The highest BCUT2D eigenvalue weighted by Crippen LogP contribution is 2.20. The van der Waals surface area contributed by atoms with Crippen molar-refractivity contribution in [3.05, 3.63) is 30.7 Å². The lowest BCUT2D eigenvalue weighted by Gasteiger charge is -2.09. The third-order valence-electron chi connectivity index (χ3n) is 2.71. The zero-order valence-corrected chi connectivity index (χ0v) is 12.6. The number of sulfonamides is 1. The summed E-state index contributed by atoms with van der Waals surface area (Å²) in [6.07, 6.45) is 4.46. The fourth-order valence-corrected chi connectivity index (χ4v) is 2.89. The van der Waals surface area contributed by atoms with Crippen LogP contribution in [0.5, 0.6) is 0 Å². The average Bonchev–Trinajstić information content (AvgIpc) is 2.91. The largest absolute Gasteiger partial charge is 0.386 e. The Morgan fingerprint density at radius 1 is 1.43 bits per heavy atom. The minimum absolute atomic E-state index is 0.0582. The van der Waals surface area contributed by atoms with Crippen LogP contribution in [0, 0.1) is 0 Å². The number of rotatable bonds is 7. The van der Waals surface area contributed by atoms with E-state index in [-0.39, 0.29) is 5.03 Å². The molecular formula is C12H17N5O3S. The molecule has 0 bridgehead atoms. The molecule has 0 aliphatic carbocycles. The van der Waals surface area contributed by atoms with E-state index in [2.05, 4.69) is 20.1 Å². The fourth-order valence-electron chi connectivity index (χ4n) is 1.72. The molecule has 2 heterocycles. The molecule has 0 fully saturated rings. The van der Waals surface area contributed by atoms with Gasteiger partial charge in [-0.15, -0.1) is 0 Å². The molecule has 21 heavy (non-hydrogen) atoms. The van der Waals surface area contributed by atoms with E-state index in [9.17, 15) is 8.42 Å². The second kappa shape index (κ2) is 6.55. The summed E-state index contributed by atoms with van der Waals surface area (Å²) in [5, 5.41) is 6.79. The first-order chi connectivity index (χ1) is 10.1. The monoisotopic (exact) mass is 311 g/mol. The number of hydrogen-bond donors (Lipinski definition) is 2. The first-order valence-electron chi connectivity index (χ1n) is 6.24. The van der Waals surface area contributed by atoms with Crippen molar-refractivity contribution in [3.8, 4) is 0 Å². The third kappa shape index (κ3) is 3.70. The first-order valence-corrected chi connectivity index (χ1v) is 7.72. The van der Waals surface area contributed by atoms with Gasteiger partial charge in [-0.25, -0.2) is 4.98 Å². The standard InChI is InChI=1S/C12H17N5O3S/c1-13-11-4-3-5-14-12(11)21(18,19)16-10-8-15-17(9-10)6-7-20-2/h3-5,8-9,13,16H,6-7H2,1-2H3. The molecule has 114 valence electrons. The highest BCUT2D eigenvalue weighted by molar-refractivity contribution is 7.92. The van der Waals surface area contributed by atoms with E-state index in [1.807, 2.05) is 0 Å². The van der Waals surface area contributed by atoms with Crippen molar-refractivity contribution >= 4 is 21.4 Å². The second-order valence-electron chi connectivity index (χ2n) is 4.20. The topological polar surface area (TPSA) is 98.1 Å². The number of anilines is 2. The third-order valence-corrected chi connectivity index (χ3v) is 4.04. The zero-order chi connectivity index (χ0) is 15.3. The maximum Gasteiger partial charge on any atom is 0.281 e. The summed E-state index contributed by atoms with van der Waals surface area (Å²) in [4.78, 5) is 3.91. The molecule has 2 aromatic rings. The van der Waals surface area contributed by atoms with Crippen LogP contribution in [-0.4, -0.2) is 43.9 Å². The second-order valence-corrected chi connectivity index (χ2v) is 5.79. The van der Waals surface area contributed by atoms with Crippen LogP contribution in [0.25, 0.3) is 0 Å². The van der Waals surface area contributed by atoms with Crippen molar-refractivity contribution in [3.63, 3.8) is 0 Å². The van der Waals surface area contributed by atoms with Crippen molar-refractivity contribution in [2.24, 2.45) is 0 Å². The number of ether oxygens (including phenoxy) is 1. The van der Waals surface area contributed by atoms with Gasteiger partial charge in [0.05, 0.1) is 30.7 Å². The van der Waals surface area contributed by atoms with Crippen LogP contribution in [0.15, 0.2) is 35.7 Å². The number of methoxy groups -OCH3 is 1. The Balaban J connectivity index is 2.19. The minimum Gasteiger partial charge on any atom is -0.386 e. The van der Waals surface area contributed by atoms with E-state index in [1.165, 1.54) is 12.4 Å². The Morgan fingerprint density at radius 3 is 2.95 bits per heavy atom. The Bertz CT molecular complexity index is 698. The van der Waals surface area contributed by atoms with Gasteiger partial charge < -0.3 is 10.1 Å². The van der Waals surface area contributed by atoms with Gasteiger partial charge in [0, 0.05) is 26.6 Å². The quantitative estimate of drug-likeness (QED) is 0.783. The van der Waals surface area contributed by atoms with Crippen molar-refractivity contribution in [2.45, 2.75) is 11.6 Å². The molecular weight excluding hydrogens is 294 g/mol. The van der Waals surface area contributed by atoms with Crippen molar-refractivity contribution in [1.29, 1.82) is 0 Å². The number of pyridine rings is 1. The van der Waals surface area contributed by atoms with Gasteiger partial charge in [0.2, 0.25) is 0 Å². The smallest absolute Gasteiger partial charge is 0.281 e. The van der Waals surface area contributed by atoms with E-state index in [0.29, 0.717) is 24.5 Å². The molecule has 2 rings (SSSR count). The summed E-state index contributed by atoms with van der Waals surface area (Å²) in [6, 6.07) is 3.30. The highest BCUT2D eigenvalue weighted by Gasteiger charge is 2.20. The molecule has 0 saturated carbocycles. The molecule has 0 unspecified atom stereocenters. The van der Waals surface area contributed by atoms with Crippen molar-refractivity contribution in [1.82, 2.24) is 14.8 Å². The summed E-state index contributed by atoms with van der Waals surface area (Å²) in [6.45, 7) is 1.04. The minimum atomic E-state index is -3.77. The van der Waals surface area contributed by atoms with Gasteiger partial charge in [0.15, 0.2) is 5.03 Å². The fraction of sp³-hybridized carbons (Fsp3) is 0.333. The van der Waals surface area contributed by atoms with Crippen LogP contribution in [0.2, 0.25) is 0 Å². The van der Waals surface area contributed by atoms with Crippen molar-refractivity contribution < 1.29 is 13.2 Å². The van der Waals surface area contributed by atoms with Crippen LogP contribution < -0.4 is 10.0 Å². The molecule has 0 spiro atoms. The Labute approximate surface area is 123 Å². The molecule has 0 atom stereocenters. The lowest BCUT2D eigenvalue weighted by Crippen LogP contribution is -2.16. The molecule has 9 heteroatoms. The van der Waals surface area contributed by atoms with Crippen LogP contribution in [0.3, 0.4) is 0 Å². The van der Waals surface area contributed by atoms with Crippen LogP contribution >= 0.6 is 0 Å². The van der Waals surface area contributed by atoms with E-state index < -0.39 is 10.0 Å². The molecule has 0 aliphatic rings. The van der Waals surface area contributed by atoms with Crippen molar-refractivity contribution in [2.75, 3.05) is 30.8 Å². The van der Waals surface area contributed by atoms with Gasteiger partial charge in [-0.3, -0.25) is 9.40 Å². The number of nitrogens with zero attached hydrogens (tertiary/aromatic N) is 3. The van der Waals surface area contributed by atoms with Gasteiger partial charge in [-0.05, 0) is 12.1 Å². The maximum atomic E-state index is 12.3. The normalized spacial score (nSPS) is 11.3. The van der Waals surface area contributed by atoms with Gasteiger partial charge in [0.1, 0.15) is 0 Å². The maximum absolute atomic E-state index is 12.3. The Morgan fingerprint density at radius 2 is 2.24 bits per heavy atom. The van der Waals surface area contributed by atoms with Gasteiger partial charge in [-0.1, -0.05) is 0 Å². The number of aromatic nitrogens is 3. The Kier molecular flexibility index (Phi) is 4.76. The molecule has 0 aliphatic heterocycles. The lowest BCUT2D eigenvalue weighted by atomic mass is 10.4. The van der Waals surface area contributed by atoms with Gasteiger partial charge >= 0.3 is 0 Å². The summed E-state index contributed by atoms with van der Waals surface area (Å²) in [5.74, 6) is 0.